The Morgan fingerprint density at radius 3 is 2.58 bits per heavy atom. The first kappa shape index (κ1) is 11.1. The largest absolute Gasteiger partial charge is 0.477 e. The molecular weight excluding hydrogens is 174 g/mol. The highest BCUT2D eigenvalue weighted by Gasteiger charge is 2.10. The van der Waals surface area contributed by atoms with Crippen molar-refractivity contribution in [3.05, 3.63) is 10.5 Å². The van der Waals surface area contributed by atoms with Gasteiger partial charge in [-0.2, -0.15) is 5.26 Å². The molecule has 0 aromatic heterocycles. The van der Waals surface area contributed by atoms with Crippen molar-refractivity contribution in [3.63, 3.8) is 0 Å². The van der Waals surface area contributed by atoms with Crippen molar-refractivity contribution < 1.29 is 9.90 Å². The summed E-state index contributed by atoms with van der Waals surface area (Å²) in [6.45, 7) is 1.99. The molecule has 66 valence electrons. The highest BCUT2D eigenvalue weighted by molar-refractivity contribution is 7.84. The summed E-state index contributed by atoms with van der Waals surface area (Å²) >= 11 is 3.95. The summed E-state index contributed by atoms with van der Waals surface area (Å²) in [5.74, 6) is -1.20. The van der Waals surface area contributed by atoms with Crippen LogP contribution in [0.4, 0.5) is 0 Å². The number of hydrogen-bond acceptors (Lipinski definition) is 3. The molecule has 0 aromatic carbocycles. The number of aliphatic carboxylic acids is 1. The maximum absolute atomic E-state index is 10.4. The Morgan fingerprint density at radius 1 is 1.67 bits per heavy atom. The molecule has 0 saturated carbocycles. The van der Waals surface area contributed by atoms with Crippen LogP contribution < -0.4 is 0 Å². The van der Waals surface area contributed by atoms with Crippen molar-refractivity contribution in [2.45, 2.75) is 26.2 Å². The molecule has 0 amide bonds. The minimum Gasteiger partial charge on any atom is -0.477 e. The van der Waals surface area contributed by atoms with E-state index in [1.165, 1.54) is 0 Å². The van der Waals surface area contributed by atoms with E-state index in [2.05, 4.69) is 12.6 Å². The van der Waals surface area contributed by atoms with Crippen LogP contribution in [0.5, 0.6) is 0 Å². The van der Waals surface area contributed by atoms with Gasteiger partial charge in [-0.3, -0.25) is 0 Å². The fourth-order valence-electron chi connectivity index (χ4n) is 0.705. The third-order valence-electron chi connectivity index (χ3n) is 1.38. The first-order chi connectivity index (χ1) is 5.63. The Kier molecular flexibility index (Phi) is 5.22. The molecule has 0 atom stereocenters. The number of nitriles is 1. The molecule has 12 heavy (non-hydrogen) atoms. The van der Waals surface area contributed by atoms with Crippen molar-refractivity contribution in [1.29, 1.82) is 5.26 Å². The molecule has 0 rings (SSSR count). The van der Waals surface area contributed by atoms with Gasteiger partial charge in [0.15, 0.2) is 0 Å². The summed E-state index contributed by atoms with van der Waals surface area (Å²) in [5.41, 5.74) is -0.244. The Balaban J connectivity index is 4.42. The van der Waals surface area contributed by atoms with E-state index in [1.54, 1.807) is 6.07 Å². The lowest BCUT2D eigenvalue weighted by Crippen LogP contribution is -2.00. The Bertz CT molecular complexity index is 240. The predicted octanol–water partition coefficient (Wildman–Crippen LogP) is 1.97. The molecule has 0 saturated heterocycles. The molecule has 0 bridgehead atoms. The van der Waals surface area contributed by atoms with Crippen LogP contribution in [0.2, 0.25) is 0 Å². The molecule has 0 aliphatic heterocycles. The summed E-state index contributed by atoms with van der Waals surface area (Å²) in [7, 11) is 0. The monoisotopic (exact) mass is 185 g/mol. The number of carbonyl (C=O) groups is 1. The highest BCUT2D eigenvalue weighted by Crippen LogP contribution is 2.15. The Hall–Kier alpha value is -0.950. The SMILES string of the molecule is CCCC/C(S)=C(/C#N)C(=O)O. The lowest BCUT2D eigenvalue weighted by Gasteiger charge is -1.98. The quantitative estimate of drug-likeness (QED) is 0.400. The number of thiol groups is 1. The zero-order valence-electron chi connectivity index (χ0n) is 6.87. The van der Waals surface area contributed by atoms with Crippen molar-refractivity contribution >= 4 is 18.6 Å². The number of nitrogens with zero attached hydrogens (tertiary/aromatic N) is 1. The van der Waals surface area contributed by atoms with Gasteiger partial charge in [-0.1, -0.05) is 13.3 Å². The molecule has 0 fully saturated rings. The first-order valence-electron chi connectivity index (χ1n) is 3.69. The number of rotatable bonds is 4. The number of allylic oxidation sites excluding steroid dienone is 1. The normalized spacial score (nSPS) is 11.8. The average Bonchev–Trinajstić information content (AvgIpc) is 2.01. The van der Waals surface area contributed by atoms with Gasteiger partial charge in [-0.05, 0) is 12.8 Å². The molecule has 0 aliphatic carbocycles. The molecule has 0 unspecified atom stereocenters. The summed E-state index contributed by atoms with van der Waals surface area (Å²) in [5, 5.41) is 16.9. The maximum Gasteiger partial charge on any atom is 0.347 e. The molecular formula is C8H11NO2S. The van der Waals surface area contributed by atoms with E-state index in [0.29, 0.717) is 11.3 Å². The van der Waals surface area contributed by atoms with Crippen LogP contribution >= 0.6 is 12.6 Å². The average molecular weight is 185 g/mol. The van der Waals surface area contributed by atoms with Crippen molar-refractivity contribution in [2.24, 2.45) is 0 Å². The van der Waals surface area contributed by atoms with Gasteiger partial charge >= 0.3 is 5.97 Å². The number of carboxylic acids is 1. The minimum atomic E-state index is -1.20. The number of hydrogen-bond donors (Lipinski definition) is 2. The van der Waals surface area contributed by atoms with Crippen LogP contribution in [0.1, 0.15) is 26.2 Å². The lowest BCUT2D eigenvalue weighted by molar-refractivity contribution is -0.132. The van der Waals surface area contributed by atoms with Crippen molar-refractivity contribution in [1.82, 2.24) is 0 Å². The van der Waals surface area contributed by atoms with Crippen LogP contribution in [0.25, 0.3) is 0 Å². The Labute approximate surface area is 77.1 Å². The third-order valence-corrected chi connectivity index (χ3v) is 1.83. The van der Waals surface area contributed by atoms with Gasteiger partial charge in [0.2, 0.25) is 0 Å². The van der Waals surface area contributed by atoms with Crippen LogP contribution in [0, 0.1) is 11.3 Å². The second kappa shape index (κ2) is 5.67. The van der Waals surface area contributed by atoms with E-state index >= 15 is 0 Å². The Morgan fingerprint density at radius 2 is 2.25 bits per heavy atom. The van der Waals surface area contributed by atoms with Crippen LogP contribution in [-0.2, 0) is 4.79 Å². The van der Waals surface area contributed by atoms with Gasteiger partial charge in [-0.25, -0.2) is 4.79 Å². The molecule has 3 nitrogen and oxygen atoms in total. The smallest absolute Gasteiger partial charge is 0.347 e. The van der Waals surface area contributed by atoms with E-state index in [1.807, 2.05) is 6.92 Å². The first-order valence-corrected chi connectivity index (χ1v) is 4.13. The second-order valence-corrected chi connectivity index (χ2v) is 2.88. The molecule has 0 aromatic rings. The molecule has 1 N–H and O–H groups in total. The van der Waals surface area contributed by atoms with E-state index in [4.69, 9.17) is 10.4 Å². The maximum atomic E-state index is 10.4. The van der Waals surface area contributed by atoms with E-state index in [-0.39, 0.29) is 5.57 Å². The summed E-state index contributed by atoms with van der Waals surface area (Å²) in [4.78, 5) is 10.8. The van der Waals surface area contributed by atoms with Gasteiger partial charge in [0.25, 0.3) is 0 Å². The summed E-state index contributed by atoms with van der Waals surface area (Å²) in [6, 6.07) is 1.61. The van der Waals surface area contributed by atoms with E-state index < -0.39 is 5.97 Å². The third kappa shape index (κ3) is 3.44. The fraction of sp³-hybridized carbons (Fsp3) is 0.500. The van der Waals surface area contributed by atoms with E-state index in [0.717, 1.165) is 12.8 Å². The molecule has 0 spiro atoms. The standard InChI is InChI=1S/C8H11NO2S/c1-2-3-4-7(12)6(5-9)8(10)11/h12H,2-4H2,1H3,(H,10,11)/b7-6+. The van der Waals surface area contributed by atoms with Gasteiger partial charge < -0.3 is 5.11 Å². The van der Waals surface area contributed by atoms with Gasteiger partial charge in [-0.15, -0.1) is 12.6 Å². The van der Waals surface area contributed by atoms with Crippen molar-refractivity contribution in [2.75, 3.05) is 0 Å². The van der Waals surface area contributed by atoms with Crippen LogP contribution in [0.3, 0.4) is 0 Å². The number of carboxylic acid groups (broad SMARTS) is 1. The highest BCUT2D eigenvalue weighted by atomic mass is 32.1. The molecule has 0 heterocycles. The van der Waals surface area contributed by atoms with Gasteiger partial charge in [0, 0.05) is 4.91 Å². The molecule has 0 radical (unpaired) electrons. The second-order valence-electron chi connectivity index (χ2n) is 2.34. The number of unbranched alkanes of at least 4 members (excludes halogenated alkanes) is 1. The molecule has 4 heteroatoms. The zero-order valence-corrected chi connectivity index (χ0v) is 7.77. The summed E-state index contributed by atoms with van der Waals surface area (Å²) in [6.07, 6.45) is 2.38. The van der Waals surface area contributed by atoms with Gasteiger partial charge in [0.05, 0.1) is 0 Å². The summed E-state index contributed by atoms with van der Waals surface area (Å²) < 4.78 is 0. The predicted molar refractivity (Wildman–Crippen MR) is 48.8 cm³/mol. The van der Waals surface area contributed by atoms with Crippen LogP contribution in [0.15, 0.2) is 10.5 Å². The fourth-order valence-corrected chi connectivity index (χ4v) is 1.01. The van der Waals surface area contributed by atoms with E-state index in [9.17, 15) is 4.79 Å². The van der Waals surface area contributed by atoms with Crippen molar-refractivity contribution in [3.8, 4) is 6.07 Å². The topological polar surface area (TPSA) is 61.1 Å². The molecule has 0 aliphatic rings. The van der Waals surface area contributed by atoms with Crippen LogP contribution in [-0.4, -0.2) is 11.1 Å². The minimum absolute atomic E-state index is 0.244. The zero-order chi connectivity index (χ0) is 9.56. The van der Waals surface area contributed by atoms with Gasteiger partial charge in [0.1, 0.15) is 11.6 Å². The lowest BCUT2D eigenvalue weighted by atomic mass is 10.2.